The number of imide groups is 1. The Balaban J connectivity index is 1.49. The first kappa shape index (κ1) is 21.9. The number of nitrogens with zero attached hydrogens (tertiary/aromatic N) is 1. The van der Waals surface area contributed by atoms with Crippen LogP contribution in [0.2, 0.25) is 5.02 Å². The molecule has 32 heavy (non-hydrogen) atoms. The summed E-state index contributed by atoms with van der Waals surface area (Å²) in [5, 5.41) is 0.141. The van der Waals surface area contributed by atoms with Gasteiger partial charge in [-0.1, -0.05) is 41.9 Å². The van der Waals surface area contributed by atoms with Crippen molar-refractivity contribution in [2.45, 2.75) is 13.5 Å². The molecule has 0 unspecified atom stereocenters. The molecule has 0 spiro atoms. The van der Waals surface area contributed by atoms with Gasteiger partial charge >= 0.3 is 5.97 Å². The van der Waals surface area contributed by atoms with Crippen LogP contribution in [0.5, 0.6) is 0 Å². The van der Waals surface area contributed by atoms with Gasteiger partial charge in [0.15, 0.2) is 0 Å². The molecule has 2 heterocycles. The van der Waals surface area contributed by atoms with E-state index in [0.29, 0.717) is 34.3 Å². The minimum absolute atomic E-state index is 0.109. The molecule has 1 aromatic heterocycles. The van der Waals surface area contributed by atoms with E-state index in [-0.39, 0.29) is 22.7 Å². The molecule has 1 aliphatic rings. The van der Waals surface area contributed by atoms with Crippen molar-refractivity contribution in [2.24, 2.45) is 0 Å². The van der Waals surface area contributed by atoms with Crippen LogP contribution >= 0.6 is 23.4 Å². The van der Waals surface area contributed by atoms with E-state index in [9.17, 15) is 14.4 Å². The van der Waals surface area contributed by atoms with Crippen molar-refractivity contribution in [3.05, 3.63) is 87.5 Å². The molecule has 2 aromatic carbocycles. The number of thioether (sulfide) groups is 1. The molecule has 0 aliphatic carbocycles. The van der Waals surface area contributed by atoms with E-state index in [0.717, 1.165) is 22.2 Å². The van der Waals surface area contributed by atoms with E-state index in [1.54, 1.807) is 73.7 Å². The van der Waals surface area contributed by atoms with Gasteiger partial charge in [-0.05, 0) is 54.6 Å². The largest absolute Gasteiger partial charge is 0.462 e. The number of amides is 2. The molecule has 0 bridgehead atoms. The highest BCUT2D eigenvalue weighted by atomic mass is 35.5. The molecule has 0 N–H and O–H groups in total. The van der Waals surface area contributed by atoms with E-state index in [4.69, 9.17) is 20.8 Å². The van der Waals surface area contributed by atoms with Crippen LogP contribution in [0.15, 0.2) is 70.0 Å². The second-order valence-corrected chi connectivity index (χ2v) is 8.26. The molecule has 1 fully saturated rings. The molecule has 1 aliphatic heterocycles. The van der Waals surface area contributed by atoms with Gasteiger partial charge < -0.3 is 9.15 Å². The molecule has 2 amide bonds. The maximum absolute atomic E-state index is 12.8. The number of hydrogen-bond donors (Lipinski definition) is 0. The van der Waals surface area contributed by atoms with Crippen LogP contribution in [-0.2, 0) is 16.1 Å². The van der Waals surface area contributed by atoms with Gasteiger partial charge in [-0.15, -0.1) is 0 Å². The zero-order chi connectivity index (χ0) is 22.7. The number of carbonyl (C=O) groups is 3. The fourth-order valence-corrected chi connectivity index (χ4v) is 4.15. The van der Waals surface area contributed by atoms with Gasteiger partial charge in [0.25, 0.3) is 11.1 Å². The first-order valence-corrected chi connectivity index (χ1v) is 11.0. The lowest BCUT2D eigenvalue weighted by Crippen LogP contribution is -2.27. The lowest BCUT2D eigenvalue weighted by molar-refractivity contribution is -0.123. The quantitative estimate of drug-likeness (QED) is 0.326. The van der Waals surface area contributed by atoms with Gasteiger partial charge in [0.1, 0.15) is 11.5 Å². The topological polar surface area (TPSA) is 76.8 Å². The van der Waals surface area contributed by atoms with E-state index < -0.39 is 5.91 Å². The second-order valence-electron chi connectivity index (χ2n) is 6.86. The standard InChI is InChI=1S/C24H18ClNO5S/c1-2-30-23(28)16-9-7-15(8-10-16)20-12-11-18(31-20)13-21-22(27)26(24(29)32-21)14-17-5-3-4-6-19(17)25/h3-13H,2,14H2,1H3/b21-13+. The Bertz CT molecular complexity index is 1220. The SMILES string of the molecule is CCOC(=O)c1ccc(-c2ccc(/C=C3/SC(=O)N(Cc4ccccc4Cl)C3=O)o2)cc1. The molecule has 162 valence electrons. The smallest absolute Gasteiger partial charge is 0.338 e. The Morgan fingerprint density at radius 1 is 1.09 bits per heavy atom. The average Bonchev–Trinajstić information content (AvgIpc) is 3.36. The third-order valence-corrected chi connectivity index (χ3v) is 6.02. The number of rotatable bonds is 6. The third kappa shape index (κ3) is 4.64. The molecule has 4 rings (SSSR count). The van der Waals surface area contributed by atoms with Crippen LogP contribution in [0.4, 0.5) is 4.79 Å². The zero-order valence-corrected chi connectivity index (χ0v) is 18.6. The summed E-state index contributed by atoms with van der Waals surface area (Å²) in [6, 6.07) is 17.4. The summed E-state index contributed by atoms with van der Waals surface area (Å²) < 4.78 is 10.8. The summed E-state index contributed by atoms with van der Waals surface area (Å²) in [4.78, 5) is 38.4. The highest BCUT2D eigenvalue weighted by Crippen LogP contribution is 2.35. The molecule has 0 radical (unpaired) electrons. The molecular weight excluding hydrogens is 450 g/mol. The monoisotopic (exact) mass is 467 g/mol. The summed E-state index contributed by atoms with van der Waals surface area (Å²) in [6.45, 7) is 2.17. The van der Waals surface area contributed by atoms with Gasteiger partial charge in [-0.2, -0.15) is 0 Å². The van der Waals surface area contributed by atoms with Crippen LogP contribution in [0.1, 0.15) is 28.6 Å². The second kappa shape index (κ2) is 9.46. The number of halogens is 1. The fourth-order valence-electron chi connectivity index (χ4n) is 3.13. The molecular formula is C24H18ClNO5S. The Morgan fingerprint density at radius 3 is 2.56 bits per heavy atom. The van der Waals surface area contributed by atoms with Crippen molar-refractivity contribution in [2.75, 3.05) is 6.61 Å². The first-order valence-electron chi connectivity index (χ1n) is 9.82. The number of ether oxygens (including phenoxy) is 1. The Kier molecular flexibility index (Phi) is 6.48. The third-order valence-electron chi connectivity index (χ3n) is 4.74. The highest BCUT2D eigenvalue weighted by molar-refractivity contribution is 8.18. The number of carbonyl (C=O) groups excluding carboxylic acids is 3. The van der Waals surface area contributed by atoms with Gasteiger partial charge in [-0.3, -0.25) is 14.5 Å². The van der Waals surface area contributed by atoms with E-state index in [2.05, 4.69) is 0 Å². The highest BCUT2D eigenvalue weighted by Gasteiger charge is 2.35. The van der Waals surface area contributed by atoms with Crippen LogP contribution in [0, 0.1) is 0 Å². The number of benzene rings is 2. The fraction of sp³-hybridized carbons (Fsp3) is 0.125. The Labute approximate surface area is 193 Å². The summed E-state index contributed by atoms with van der Waals surface area (Å²) >= 11 is 7.02. The molecule has 3 aromatic rings. The van der Waals surface area contributed by atoms with Crippen LogP contribution < -0.4 is 0 Å². The normalized spacial score (nSPS) is 14.9. The van der Waals surface area contributed by atoms with Crippen molar-refractivity contribution in [3.63, 3.8) is 0 Å². The van der Waals surface area contributed by atoms with Crippen LogP contribution in [0.25, 0.3) is 17.4 Å². The van der Waals surface area contributed by atoms with Crippen molar-refractivity contribution < 1.29 is 23.5 Å². The van der Waals surface area contributed by atoms with Gasteiger partial charge in [0, 0.05) is 16.7 Å². The molecule has 1 saturated heterocycles. The maximum Gasteiger partial charge on any atom is 0.338 e. The lowest BCUT2D eigenvalue weighted by Gasteiger charge is -2.13. The summed E-state index contributed by atoms with van der Waals surface area (Å²) in [6.07, 6.45) is 1.55. The first-order chi connectivity index (χ1) is 15.5. The minimum Gasteiger partial charge on any atom is -0.462 e. The van der Waals surface area contributed by atoms with Crippen LogP contribution in [-0.4, -0.2) is 28.6 Å². The molecule has 6 nitrogen and oxygen atoms in total. The predicted octanol–water partition coefficient (Wildman–Crippen LogP) is 6.01. The van der Waals surface area contributed by atoms with Crippen molar-refractivity contribution in [3.8, 4) is 11.3 Å². The van der Waals surface area contributed by atoms with Crippen molar-refractivity contribution in [1.82, 2.24) is 4.90 Å². The van der Waals surface area contributed by atoms with Crippen LogP contribution in [0.3, 0.4) is 0 Å². The maximum atomic E-state index is 12.8. The summed E-state index contributed by atoms with van der Waals surface area (Å²) in [5.41, 5.74) is 1.92. The molecule has 0 atom stereocenters. The van der Waals surface area contributed by atoms with Crippen molar-refractivity contribution in [1.29, 1.82) is 0 Å². The van der Waals surface area contributed by atoms with E-state index in [1.807, 2.05) is 0 Å². The zero-order valence-electron chi connectivity index (χ0n) is 17.0. The summed E-state index contributed by atoms with van der Waals surface area (Å²) in [7, 11) is 0. The lowest BCUT2D eigenvalue weighted by atomic mass is 10.1. The molecule has 0 saturated carbocycles. The minimum atomic E-state index is -0.392. The molecule has 8 heteroatoms. The number of furan rings is 1. The van der Waals surface area contributed by atoms with Gasteiger partial charge in [-0.25, -0.2) is 4.79 Å². The number of hydrogen-bond acceptors (Lipinski definition) is 6. The van der Waals surface area contributed by atoms with Crippen molar-refractivity contribution >= 4 is 46.6 Å². The Hall–Kier alpha value is -3.29. The predicted molar refractivity (Wildman–Crippen MR) is 123 cm³/mol. The Morgan fingerprint density at radius 2 is 1.84 bits per heavy atom. The van der Waals surface area contributed by atoms with E-state index in [1.165, 1.54) is 0 Å². The van der Waals surface area contributed by atoms with E-state index >= 15 is 0 Å². The van der Waals surface area contributed by atoms with Gasteiger partial charge in [0.05, 0.1) is 23.6 Å². The average molecular weight is 468 g/mol. The number of esters is 1. The van der Waals surface area contributed by atoms with Gasteiger partial charge in [0.2, 0.25) is 0 Å². The summed E-state index contributed by atoms with van der Waals surface area (Å²) in [5.74, 6) is 0.239.